The van der Waals surface area contributed by atoms with E-state index >= 15 is 0 Å². The Morgan fingerprint density at radius 2 is 2.17 bits per heavy atom. The van der Waals surface area contributed by atoms with Gasteiger partial charge >= 0.3 is 6.08 Å². The Hall–Kier alpha value is -2.61. The van der Waals surface area contributed by atoms with Crippen LogP contribution in [0.1, 0.15) is 19.1 Å². The van der Waals surface area contributed by atoms with Gasteiger partial charge in [-0.15, -0.1) is 0 Å². The largest absolute Gasteiger partial charge is 0.358 e. The normalized spacial score (nSPS) is 17.7. The van der Waals surface area contributed by atoms with E-state index in [1.165, 1.54) is 12.1 Å². The van der Waals surface area contributed by atoms with E-state index in [2.05, 4.69) is 20.3 Å². The Kier molecular flexibility index (Phi) is 3.38. The summed E-state index contributed by atoms with van der Waals surface area (Å²) in [4.78, 5) is 11.8. The zero-order valence-corrected chi connectivity index (χ0v) is 12.0. The van der Waals surface area contributed by atoms with Crippen molar-refractivity contribution in [1.82, 2.24) is 19.5 Å². The van der Waals surface area contributed by atoms with Crippen molar-refractivity contribution in [3.05, 3.63) is 42.5 Å². The first-order valence-corrected chi connectivity index (χ1v) is 7.25. The first-order valence-electron chi connectivity index (χ1n) is 7.25. The third-order valence-corrected chi connectivity index (χ3v) is 3.70. The molecule has 0 amide bonds. The summed E-state index contributed by atoms with van der Waals surface area (Å²) in [6, 6.07) is 5.83. The minimum Gasteiger partial charge on any atom is -0.358 e. The topological polar surface area (TPSA) is 64.9 Å². The van der Waals surface area contributed by atoms with E-state index < -0.39 is 11.9 Å². The molecule has 0 bridgehead atoms. The van der Waals surface area contributed by atoms with Crippen LogP contribution in [-0.4, -0.2) is 26.1 Å². The van der Waals surface area contributed by atoms with Gasteiger partial charge in [-0.05, 0) is 31.0 Å². The third kappa shape index (κ3) is 2.61. The molecule has 4 rings (SSSR count). The summed E-state index contributed by atoms with van der Waals surface area (Å²) >= 11 is 0. The van der Waals surface area contributed by atoms with Gasteiger partial charge in [0.25, 0.3) is 0 Å². The van der Waals surface area contributed by atoms with Gasteiger partial charge in [-0.3, -0.25) is 4.57 Å². The lowest BCUT2D eigenvalue weighted by atomic mass is 10.3. The van der Waals surface area contributed by atoms with Gasteiger partial charge in [-0.25, -0.2) is 9.37 Å². The number of rotatable bonds is 3. The average molecular weight is 317 g/mol. The van der Waals surface area contributed by atoms with Crippen molar-refractivity contribution in [2.75, 3.05) is 11.9 Å². The average Bonchev–Trinajstić information content (AvgIpc) is 3.15. The van der Waals surface area contributed by atoms with Crippen LogP contribution in [0.2, 0.25) is 0 Å². The predicted molar refractivity (Wildman–Crippen MR) is 79.2 cm³/mol. The Morgan fingerprint density at radius 3 is 2.96 bits per heavy atom. The van der Waals surface area contributed by atoms with Crippen LogP contribution < -0.4 is 5.32 Å². The van der Waals surface area contributed by atoms with E-state index in [1.54, 1.807) is 23.0 Å². The van der Waals surface area contributed by atoms with Crippen LogP contribution in [0.3, 0.4) is 0 Å². The van der Waals surface area contributed by atoms with Crippen molar-refractivity contribution in [2.24, 2.45) is 0 Å². The number of hydrogen-bond donors (Lipinski definition) is 1. The van der Waals surface area contributed by atoms with Crippen molar-refractivity contribution in [1.29, 1.82) is 0 Å². The lowest BCUT2D eigenvalue weighted by molar-refractivity contribution is 0.0592. The van der Waals surface area contributed by atoms with Gasteiger partial charge in [0.1, 0.15) is 12.0 Å². The molecule has 23 heavy (non-hydrogen) atoms. The summed E-state index contributed by atoms with van der Waals surface area (Å²) in [5.74, 6) is -0.208. The van der Waals surface area contributed by atoms with Crippen LogP contribution >= 0.6 is 0 Å². The van der Waals surface area contributed by atoms with Gasteiger partial charge < -0.3 is 10.1 Å². The number of nitrogens with zero attached hydrogens (tertiary/aromatic N) is 4. The SMILES string of the molecule is Fc1cccc(Nc2nc(F)nc3c2ncn3C2CCCO2)c1. The molecule has 8 heteroatoms. The molecule has 1 N–H and O–H groups in total. The molecule has 0 radical (unpaired) electrons. The zero-order valence-electron chi connectivity index (χ0n) is 12.0. The summed E-state index contributed by atoms with van der Waals surface area (Å²) in [6.45, 7) is 0.659. The van der Waals surface area contributed by atoms with E-state index in [0.29, 0.717) is 23.5 Å². The number of fused-ring (bicyclic) bond motifs is 1. The molecule has 118 valence electrons. The first kappa shape index (κ1) is 14.0. The molecule has 1 unspecified atom stereocenters. The molecular weight excluding hydrogens is 304 g/mol. The highest BCUT2D eigenvalue weighted by atomic mass is 19.1. The van der Waals surface area contributed by atoms with Crippen LogP contribution in [-0.2, 0) is 4.74 Å². The van der Waals surface area contributed by atoms with E-state index in [9.17, 15) is 8.78 Å². The maximum atomic E-state index is 13.8. The number of halogens is 2. The molecule has 1 saturated heterocycles. The predicted octanol–water partition coefficient (Wildman–Crippen LogP) is 3.16. The Labute approximate surface area is 130 Å². The molecule has 3 heterocycles. The summed E-state index contributed by atoms with van der Waals surface area (Å²) in [7, 11) is 0. The standard InChI is InChI=1S/C15H13F2N5O/c16-9-3-1-4-10(7-9)19-13-12-14(21-15(17)20-13)22(8-18-12)11-5-2-6-23-11/h1,3-4,7-8,11H,2,5-6H2,(H,19,20,21). The molecule has 1 atom stereocenters. The second kappa shape index (κ2) is 5.54. The number of ether oxygens (including phenoxy) is 1. The van der Waals surface area contributed by atoms with Gasteiger partial charge in [0, 0.05) is 12.3 Å². The van der Waals surface area contributed by atoms with Gasteiger partial charge in [0.05, 0.1) is 6.33 Å². The molecule has 1 aliphatic rings. The van der Waals surface area contributed by atoms with Crippen molar-refractivity contribution in [3.8, 4) is 0 Å². The second-order valence-corrected chi connectivity index (χ2v) is 5.27. The zero-order chi connectivity index (χ0) is 15.8. The Morgan fingerprint density at radius 1 is 1.26 bits per heavy atom. The Bertz CT molecular complexity index is 860. The van der Waals surface area contributed by atoms with Gasteiger partial charge in [-0.2, -0.15) is 14.4 Å². The number of anilines is 2. The highest BCUT2D eigenvalue weighted by Crippen LogP contribution is 2.29. The van der Waals surface area contributed by atoms with Crippen molar-refractivity contribution < 1.29 is 13.5 Å². The minimum absolute atomic E-state index is 0.190. The third-order valence-electron chi connectivity index (χ3n) is 3.70. The lowest BCUT2D eigenvalue weighted by Crippen LogP contribution is -2.08. The molecule has 0 spiro atoms. The van der Waals surface area contributed by atoms with Crippen molar-refractivity contribution in [3.63, 3.8) is 0 Å². The molecular formula is C15H13F2N5O. The molecule has 0 saturated carbocycles. The van der Waals surface area contributed by atoms with E-state index in [4.69, 9.17) is 4.74 Å². The highest BCUT2D eigenvalue weighted by molar-refractivity contribution is 5.85. The number of nitrogens with one attached hydrogen (secondary N) is 1. The molecule has 0 aliphatic carbocycles. The van der Waals surface area contributed by atoms with Crippen LogP contribution in [0.25, 0.3) is 11.2 Å². The summed E-state index contributed by atoms with van der Waals surface area (Å²) < 4.78 is 34.4. The fraction of sp³-hybridized carbons (Fsp3) is 0.267. The fourth-order valence-electron chi connectivity index (χ4n) is 2.67. The number of imidazole rings is 1. The highest BCUT2D eigenvalue weighted by Gasteiger charge is 2.22. The van der Waals surface area contributed by atoms with Gasteiger partial charge in [-0.1, -0.05) is 6.07 Å². The van der Waals surface area contributed by atoms with Gasteiger partial charge in [0.15, 0.2) is 17.0 Å². The number of hydrogen-bond acceptors (Lipinski definition) is 5. The fourth-order valence-corrected chi connectivity index (χ4v) is 2.67. The number of aromatic nitrogens is 4. The molecule has 3 aromatic rings. The van der Waals surface area contributed by atoms with Crippen LogP contribution in [0.15, 0.2) is 30.6 Å². The molecule has 1 fully saturated rings. The molecule has 6 nitrogen and oxygen atoms in total. The maximum absolute atomic E-state index is 13.8. The van der Waals surface area contributed by atoms with Gasteiger partial charge in [0.2, 0.25) is 0 Å². The van der Waals surface area contributed by atoms with Crippen LogP contribution in [0.5, 0.6) is 0 Å². The van der Waals surface area contributed by atoms with Crippen molar-refractivity contribution >= 4 is 22.7 Å². The lowest BCUT2D eigenvalue weighted by Gasteiger charge is -2.12. The maximum Gasteiger partial charge on any atom is 0.312 e. The van der Waals surface area contributed by atoms with E-state index in [0.717, 1.165) is 12.8 Å². The van der Waals surface area contributed by atoms with Crippen LogP contribution in [0.4, 0.5) is 20.3 Å². The van der Waals surface area contributed by atoms with E-state index in [-0.39, 0.29) is 12.0 Å². The summed E-state index contributed by atoms with van der Waals surface area (Å²) in [6.07, 6.45) is 2.24. The summed E-state index contributed by atoms with van der Waals surface area (Å²) in [5, 5.41) is 2.88. The van der Waals surface area contributed by atoms with E-state index in [1.807, 2.05) is 0 Å². The smallest absolute Gasteiger partial charge is 0.312 e. The van der Waals surface area contributed by atoms with Crippen LogP contribution in [0, 0.1) is 11.9 Å². The first-order chi connectivity index (χ1) is 11.2. The monoisotopic (exact) mass is 317 g/mol. The molecule has 1 aliphatic heterocycles. The molecule has 2 aromatic heterocycles. The molecule has 1 aromatic carbocycles. The second-order valence-electron chi connectivity index (χ2n) is 5.27. The minimum atomic E-state index is -0.879. The van der Waals surface area contributed by atoms with Crippen molar-refractivity contribution in [2.45, 2.75) is 19.1 Å². The summed E-state index contributed by atoms with van der Waals surface area (Å²) in [5.41, 5.74) is 1.21. The quantitative estimate of drug-likeness (QED) is 0.752. The number of benzene rings is 1. The Balaban J connectivity index is 1.77.